The number of hydrogen-bond acceptors (Lipinski definition) is 6. The van der Waals surface area contributed by atoms with Gasteiger partial charge < -0.3 is 5.32 Å². The van der Waals surface area contributed by atoms with Gasteiger partial charge in [0.2, 0.25) is 5.91 Å². The van der Waals surface area contributed by atoms with Crippen molar-refractivity contribution in [3.05, 3.63) is 53.6 Å². The lowest BCUT2D eigenvalue weighted by atomic mass is 10.1. The van der Waals surface area contributed by atoms with Gasteiger partial charge in [-0.25, -0.2) is 0 Å². The zero-order chi connectivity index (χ0) is 21.8. The number of aromatic nitrogens is 2. The Hall–Kier alpha value is -2.56. The van der Waals surface area contributed by atoms with Crippen molar-refractivity contribution in [1.82, 2.24) is 18.5 Å². The molecule has 10 heteroatoms. The van der Waals surface area contributed by atoms with Crippen LogP contribution < -0.4 is 5.32 Å². The van der Waals surface area contributed by atoms with Crippen molar-refractivity contribution in [3.8, 4) is 0 Å². The number of nitrogens with one attached hydrogen (secondary N) is 1. The van der Waals surface area contributed by atoms with Crippen LogP contribution in [-0.4, -0.2) is 57.2 Å². The molecule has 0 radical (unpaired) electrons. The van der Waals surface area contributed by atoms with Crippen LogP contribution in [-0.2, 0) is 17.5 Å². The standard InChI is InChI=1S/C21H22F3N5OS/c22-21(23,24)16-7-5-15(6-8-16)13-28-9-2-10-29(12-11-28)14-19(30)25-17-3-1-4-18-20(17)27-31-26-18/h1,3-8H,2,9-14H2,(H,25,30). The Kier molecular flexibility index (Phi) is 6.49. The van der Waals surface area contributed by atoms with E-state index in [4.69, 9.17) is 0 Å². The number of carbonyl (C=O) groups is 1. The Morgan fingerprint density at radius 2 is 1.74 bits per heavy atom. The van der Waals surface area contributed by atoms with Crippen molar-refractivity contribution in [3.63, 3.8) is 0 Å². The Bertz CT molecular complexity index is 1040. The topological polar surface area (TPSA) is 61.4 Å². The molecule has 6 nitrogen and oxygen atoms in total. The molecule has 0 bridgehead atoms. The molecule has 2 heterocycles. The number of fused-ring (bicyclic) bond motifs is 1. The molecule has 0 aliphatic carbocycles. The fourth-order valence-corrected chi connectivity index (χ4v) is 4.25. The van der Waals surface area contributed by atoms with Gasteiger partial charge in [0.25, 0.3) is 0 Å². The van der Waals surface area contributed by atoms with Crippen LogP contribution in [0, 0.1) is 0 Å². The zero-order valence-electron chi connectivity index (χ0n) is 16.7. The number of rotatable bonds is 5. The van der Waals surface area contributed by atoms with Gasteiger partial charge in [-0.05, 0) is 49.3 Å². The summed E-state index contributed by atoms with van der Waals surface area (Å²) in [6.45, 7) is 3.97. The maximum Gasteiger partial charge on any atom is 0.416 e. The van der Waals surface area contributed by atoms with Crippen molar-refractivity contribution >= 4 is 34.4 Å². The Labute approximate surface area is 182 Å². The quantitative estimate of drug-likeness (QED) is 0.641. The molecule has 1 aliphatic rings. The van der Waals surface area contributed by atoms with E-state index in [1.807, 2.05) is 18.2 Å². The van der Waals surface area contributed by atoms with Crippen molar-refractivity contribution in [2.75, 3.05) is 38.0 Å². The Balaban J connectivity index is 1.29. The van der Waals surface area contributed by atoms with Crippen LogP contribution in [0.1, 0.15) is 17.5 Å². The maximum absolute atomic E-state index is 12.7. The van der Waals surface area contributed by atoms with Gasteiger partial charge in [0.15, 0.2) is 0 Å². The van der Waals surface area contributed by atoms with E-state index in [1.165, 1.54) is 12.1 Å². The van der Waals surface area contributed by atoms with Crippen LogP contribution in [0.4, 0.5) is 18.9 Å². The summed E-state index contributed by atoms with van der Waals surface area (Å²) in [5, 5.41) is 2.93. The molecule has 1 fully saturated rings. The first-order valence-electron chi connectivity index (χ1n) is 10.0. The second-order valence-electron chi connectivity index (χ2n) is 7.59. The minimum Gasteiger partial charge on any atom is -0.323 e. The SMILES string of the molecule is O=C(CN1CCCN(Cc2ccc(C(F)(F)F)cc2)CC1)Nc1cccc2nsnc12. The summed E-state index contributed by atoms with van der Waals surface area (Å²) >= 11 is 1.11. The van der Waals surface area contributed by atoms with E-state index >= 15 is 0 Å². The number of hydrogen-bond donors (Lipinski definition) is 1. The van der Waals surface area contributed by atoms with Crippen molar-refractivity contribution in [2.45, 2.75) is 19.1 Å². The summed E-state index contributed by atoms with van der Waals surface area (Å²) in [7, 11) is 0. The smallest absolute Gasteiger partial charge is 0.323 e. The van der Waals surface area contributed by atoms with Crippen molar-refractivity contribution in [2.24, 2.45) is 0 Å². The van der Waals surface area contributed by atoms with Crippen molar-refractivity contribution < 1.29 is 18.0 Å². The number of anilines is 1. The molecule has 0 unspecified atom stereocenters. The summed E-state index contributed by atoms with van der Waals surface area (Å²) in [6, 6.07) is 10.8. The van der Waals surface area contributed by atoms with Crippen LogP contribution in [0.15, 0.2) is 42.5 Å². The lowest BCUT2D eigenvalue weighted by Crippen LogP contribution is -2.36. The molecule has 1 saturated heterocycles. The molecule has 3 aromatic rings. The molecule has 2 aromatic carbocycles. The van der Waals surface area contributed by atoms with Crippen LogP contribution in [0.5, 0.6) is 0 Å². The van der Waals surface area contributed by atoms with E-state index in [9.17, 15) is 18.0 Å². The molecule has 0 atom stereocenters. The molecule has 0 spiro atoms. The van der Waals surface area contributed by atoms with Gasteiger partial charge in [-0.1, -0.05) is 18.2 Å². The molecule has 0 saturated carbocycles. The lowest BCUT2D eigenvalue weighted by Gasteiger charge is -2.21. The van der Waals surface area contributed by atoms with Gasteiger partial charge in [-0.2, -0.15) is 21.9 Å². The molecule has 1 N–H and O–H groups in total. The Morgan fingerprint density at radius 1 is 1.00 bits per heavy atom. The number of alkyl halides is 3. The second-order valence-corrected chi connectivity index (χ2v) is 8.11. The molecular formula is C21H22F3N5OS. The number of nitrogens with zero attached hydrogens (tertiary/aromatic N) is 4. The predicted molar refractivity (Wildman–Crippen MR) is 114 cm³/mol. The summed E-state index contributed by atoms with van der Waals surface area (Å²) < 4.78 is 46.6. The van der Waals surface area contributed by atoms with E-state index in [1.54, 1.807) is 0 Å². The monoisotopic (exact) mass is 449 g/mol. The highest BCUT2D eigenvalue weighted by Gasteiger charge is 2.30. The predicted octanol–water partition coefficient (Wildman–Crippen LogP) is 3.86. The van der Waals surface area contributed by atoms with Crippen LogP contribution in [0.3, 0.4) is 0 Å². The first-order valence-corrected chi connectivity index (χ1v) is 10.7. The van der Waals surface area contributed by atoms with Gasteiger partial charge in [0, 0.05) is 19.6 Å². The van der Waals surface area contributed by atoms with E-state index < -0.39 is 11.7 Å². The zero-order valence-corrected chi connectivity index (χ0v) is 17.5. The van der Waals surface area contributed by atoms with E-state index in [0.717, 1.165) is 67.5 Å². The fraction of sp³-hybridized carbons (Fsp3) is 0.381. The lowest BCUT2D eigenvalue weighted by molar-refractivity contribution is -0.137. The number of carbonyl (C=O) groups excluding carboxylic acids is 1. The number of amides is 1. The largest absolute Gasteiger partial charge is 0.416 e. The van der Waals surface area contributed by atoms with Crippen LogP contribution in [0.25, 0.3) is 11.0 Å². The van der Waals surface area contributed by atoms with E-state index in [0.29, 0.717) is 17.7 Å². The summed E-state index contributed by atoms with van der Waals surface area (Å²) in [6.07, 6.45) is -3.43. The van der Waals surface area contributed by atoms with Gasteiger partial charge in [-0.15, -0.1) is 0 Å². The Morgan fingerprint density at radius 3 is 2.52 bits per heavy atom. The van der Waals surface area contributed by atoms with E-state index in [-0.39, 0.29) is 12.5 Å². The first-order chi connectivity index (χ1) is 14.9. The molecule has 164 valence electrons. The molecular weight excluding hydrogens is 427 g/mol. The molecule has 1 aromatic heterocycles. The van der Waals surface area contributed by atoms with Gasteiger partial charge >= 0.3 is 6.18 Å². The average molecular weight is 450 g/mol. The van der Waals surface area contributed by atoms with E-state index in [2.05, 4.69) is 23.9 Å². The average Bonchev–Trinajstić information content (AvgIpc) is 3.11. The third kappa shape index (κ3) is 5.57. The third-order valence-corrected chi connectivity index (χ3v) is 5.84. The van der Waals surface area contributed by atoms with Gasteiger partial charge in [0.05, 0.1) is 29.5 Å². The molecule has 31 heavy (non-hydrogen) atoms. The van der Waals surface area contributed by atoms with Crippen LogP contribution >= 0.6 is 11.7 Å². The first kappa shape index (κ1) is 21.7. The van der Waals surface area contributed by atoms with Crippen molar-refractivity contribution in [1.29, 1.82) is 0 Å². The minimum absolute atomic E-state index is 0.100. The third-order valence-electron chi connectivity index (χ3n) is 5.30. The highest BCUT2D eigenvalue weighted by Crippen LogP contribution is 2.29. The minimum atomic E-state index is -4.32. The fourth-order valence-electron chi connectivity index (χ4n) is 3.70. The molecule has 1 aliphatic heterocycles. The van der Waals surface area contributed by atoms with Gasteiger partial charge in [-0.3, -0.25) is 14.6 Å². The molecule has 4 rings (SSSR count). The summed E-state index contributed by atoms with van der Waals surface area (Å²) in [5.74, 6) is -0.100. The second kappa shape index (κ2) is 9.29. The highest BCUT2D eigenvalue weighted by atomic mass is 32.1. The highest BCUT2D eigenvalue weighted by molar-refractivity contribution is 7.00. The number of halogens is 3. The summed E-state index contributed by atoms with van der Waals surface area (Å²) in [4.78, 5) is 16.9. The summed E-state index contributed by atoms with van der Waals surface area (Å²) in [5.41, 5.74) is 2.34. The van der Waals surface area contributed by atoms with Gasteiger partial charge in [0.1, 0.15) is 11.0 Å². The maximum atomic E-state index is 12.7. The molecule has 1 amide bonds. The van der Waals surface area contributed by atoms with Crippen LogP contribution in [0.2, 0.25) is 0 Å². The normalized spacial score (nSPS) is 16.4. The number of benzene rings is 2.